The smallest absolute Gasteiger partial charge is 0.243 e. The predicted octanol–water partition coefficient (Wildman–Crippen LogP) is 2.60. The van der Waals surface area contributed by atoms with Gasteiger partial charge in [-0.3, -0.25) is 0 Å². The fraction of sp³-hybridized carbons (Fsp3) is 0.471. The van der Waals surface area contributed by atoms with E-state index in [0.29, 0.717) is 35.2 Å². The Balaban J connectivity index is 1.81. The lowest BCUT2D eigenvalue weighted by atomic mass is 9.98. The van der Waals surface area contributed by atoms with Crippen molar-refractivity contribution in [3.63, 3.8) is 0 Å². The Morgan fingerprint density at radius 1 is 1.21 bits per heavy atom. The standard InChI is InChI=1S/C17H23N3O3S/c1-12-11-16(13(2)10-15(12)23-3)24(21,22)20-8-4-14(5-9-20)17-18-6-7-19-17/h6-7,10-11,14H,4-5,8-9H2,1-3H3,(H,18,19). The molecule has 0 saturated carbocycles. The summed E-state index contributed by atoms with van der Waals surface area (Å²) in [5.74, 6) is 1.96. The molecule has 1 fully saturated rings. The Morgan fingerprint density at radius 2 is 1.92 bits per heavy atom. The number of aromatic nitrogens is 2. The molecule has 0 aliphatic carbocycles. The minimum atomic E-state index is -3.49. The zero-order chi connectivity index (χ0) is 17.3. The second-order valence-electron chi connectivity index (χ2n) is 6.24. The Kier molecular flexibility index (Phi) is 4.64. The molecule has 1 aliphatic rings. The number of benzene rings is 1. The monoisotopic (exact) mass is 349 g/mol. The molecule has 0 atom stereocenters. The summed E-state index contributed by atoms with van der Waals surface area (Å²) in [4.78, 5) is 7.79. The number of aryl methyl sites for hydroxylation is 2. The summed E-state index contributed by atoms with van der Waals surface area (Å²) in [6.45, 7) is 4.70. The summed E-state index contributed by atoms with van der Waals surface area (Å²) in [5, 5.41) is 0. The highest BCUT2D eigenvalue weighted by Crippen LogP contribution is 2.32. The third kappa shape index (κ3) is 3.06. The number of sulfonamides is 1. The van der Waals surface area contributed by atoms with E-state index in [0.717, 1.165) is 24.2 Å². The fourth-order valence-corrected chi connectivity index (χ4v) is 5.03. The molecule has 0 bridgehead atoms. The largest absolute Gasteiger partial charge is 0.496 e. The molecule has 1 saturated heterocycles. The molecule has 0 unspecified atom stereocenters. The van der Waals surface area contributed by atoms with Crippen LogP contribution in [0.2, 0.25) is 0 Å². The minimum absolute atomic E-state index is 0.296. The maximum Gasteiger partial charge on any atom is 0.243 e. The highest BCUT2D eigenvalue weighted by Gasteiger charge is 2.32. The molecule has 24 heavy (non-hydrogen) atoms. The van der Waals surface area contributed by atoms with Gasteiger partial charge < -0.3 is 9.72 Å². The van der Waals surface area contributed by atoms with E-state index in [1.54, 1.807) is 29.7 Å². The van der Waals surface area contributed by atoms with Gasteiger partial charge in [0.2, 0.25) is 10.0 Å². The van der Waals surface area contributed by atoms with Crippen LogP contribution in [0, 0.1) is 13.8 Å². The Morgan fingerprint density at radius 3 is 2.50 bits per heavy atom. The van der Waals surface area contributed by atoms with Crippen LogP contribution in [0.4, 0.5) is 0 Å². The number of nitrogens with zero attached hydrogens (tertiary/aromatic N) is 2. The van der Waals surface area contributed by atoms with Crippen LogP contribution < -0.4 is 4.74 Å². The van der Waals surface area contributed by atoms with E-state index in [9.17, 15) is 8.42 Å². The number of methoxy groups -OCH3 is 1. The maximum atomic E-state index is 13.0. The van der Waals surface area contributed by atoms with Crippen molar-refractivity contribution in [3.8, 4) is 5.75 Å². The van der Waals surface area contributed by atoms with Gasteiger partial charge >= 0.3 is 0 Å². The Hall–Kier alpha value is -1.86. The summed E-state index contributed by atoms with van der Waals surface area (Å²) >= 11 is 0. The lowest BCUT2D eigenvalue weighted by molar-refractivity contribution is 0.314. The van der Waals surface area contributed by atoms with Crippen molar-refractivity contribution in [3.05, 3.63) is 41.5 Å². The molecule has 1 aliphatic heterocycles. The van der Waals surface area contributed by atoms with Gasteiger partial charge in [-0.05, 0) is 49.9 Å². The molecule has 3 rings (SSSR count). The molecule has 7 heteroatoms. The number of nitrogens with one attached hydrogen (secondary N) is 1. The lowest BCUT2D eigenvalue weighted by Gasteiger charge is -2.31. The lowest BCUT2D eigenvalue weighted by Crippen LogP contribution is -2.38. The first-order chi connectivity index (χ1) is 11.4. The van der Waals surface area contributed by atoms with Crippen LogP contribution in [-0.2, 0) is 10.0 Å². The summed E-state index contributed by atoms with van der Waals surface area (Å²) in [5.41, 5.74) is 1.54. The van der Waals surface area contributed by atoms with Crippen molar-refractivity contribution < 1.29 is 13.2 Å². The number of hydrogen-bond donors (Lipinski definition) is 1. The van der Waals surface area contributed by atoms with E-state index in [1.807, 2.05) is 20.0 Å². The van der Waals surface area contributed by atoms with Gasteiger partial charge in [-0.1, -0.05) is 0 Å². The number of rotatable bonds is 4. The summed E-state index contributed by atoms with van der Waals surface area (Å²) in [6.07, 6.45) is 5.10. The molecular weight excluding hydrogens is 326 g/mol. The van der Waals surface area contributed by atoms with Crippen molar-refractivity contribution in [2.24, 2.45) is 0 Å². The van der Waals surface area contributed by atoms with Gasteiger partial charge in [0.25, 0.3) is 0 Å². The van der Waals surface area contributed by atoms with Crippen molar-refractivity contribution >= 4 is 10.0 Å². The molecular formula is C17H23N3O3S. The fourth-order valence-electron chi connectivity index (χ4n) is 3.27. The van der Waals surface area contributed by atoms with Gasteiger partial charge in [0.15, 0.2) is 0 Å². The normalized spacial score (nSPS) is 17.1. The van der Waals surface area contributed by atoms with E-state index in [2.05, 4.69) is 9.97 Å². The van der Waals surface area contributed by atoms with Gasteiger partial charge in [-0.2, -0.15) is 4.31 Å². The third-order valence-electron chi connectivity index (χ3n) is 4.67. The number of H-pyrrole nitrogens is 1. The van der Waals surface area contributed by atoms with Crippen LogP contribution in [-0.4, -0.2) is 42.9 Å². The Bertz CT molecular complexity index is 808. The average Bonchev–Trinajstić information content (AvgIpc) is 3.11. The highest BCUT2D eigenvalue weighted by atomic mass is 32.2. The number of imidazole rings is 1. The second kappa shape index (κ2) is 6.57. The maximum absolute atomic E-state index is 13.0. The topological polar surface area (TPSA) is 75.3 Å². The predicted molar refractivity (Wildman–Crippen MR) is 91.8 cm³/mol. The molecule has 2 aromatic rings. The molecule has 1 N–H and O–H groups in total. The molecule has 2 heterocycles. The van der Waals surface area contributed by atoms with Gasteiger partial charge in [-0.25, -0.2) is 13.4 Å². The second-order valence-corrected chi connectivity index (χ2v) is 8.15. The van der Waals surface area contributed by atoms with E-state index in [1.165, 1.54) is 0 Å². The SMILES string of the molecule is COc1cc(C)c(S(=O)(=O)N2CCC(c3ncc[nH]3)CC2)cc1C. The first-order valence-corrected chi connectivity index (χ1v) is 9.52. The number of ether oxygens (including phenoxy) is 1. The minimum Gasteiger partial charge on any atom is -0.496 e. The van der Waals surface area contributed by atoms with Crippen LogP contribution in [0.1, 0.15) is 35.7 Å². The van der Waals surface area contributed by atoms with Crippen LogP contribution in [0.5, 0.6) is 5.75 Å². The molecule has 1 aromatic carbocycles. The third-order valence-corrected chi connectivity index (χ3v) is 6.71. The van der Waals surface area contributed by atoms with Gasteiger partial charge in [0.1, 0.15) is 11.6 Å². The number of piperidine rings is 1. The van der Waals surface area contributed by atoms with Crippen LogP contribution in [0.3, 0.4) is 0 Å². The number of aromatic amines is 1. The number of hydrogen-bond acceptors (Lipinski definition) is 4. The molecule has 0 spiro atoms. The molecule has 0 amide bonds. The summed E-state index contributed by atoms with van der Waals surface area (Å²) < 4.78 is 32.9. The summed E-state index contributed by atoms with van der Waals surface area (Å²) in [7, 11) is -1.89. The van der Waals surface area contributed by atoms with Crippen molar-refractivity contribution in [2.75, 3.05) is 20.2 Å². The van der Waals surface area contributed by atoms with Crippen LogP contribution in [0.15, 0.2) is 29.4 Å². The van der Waals surface area contributed by atoms with E-state index < -0.39 is 10.0 Å². The van der Waals surface area contributed by atoms with E-state index in [4.69, 9.17) is 4.74 Å². The molecule has 1 aromatic heterocycles. The highest BCUT2D eigenvalue weighted by molar-refractivity contribution is 7.89. The van der Waals surface area contributed by atoms with Crippen LogP contribution >= 0.6 is 0 Å². The van der Waals surface area contributed by atoms with Crippen LogP contribution in [0.25, 0.3) is 0 Å². The average molecular weight is 349 g/mol. The van der Waals surface area contributed by atoms with Gasteiger partial charge in [0, 0.05) is 31.4 Å². The molecule has 0 radical (unpaired) electrons. The van der Waals surface area contributed by atoms with Crippen molar-refractivity contribution in [1.29, 1.82) is 0 Å². The quantitative estimate of drug-likeness (QED) is 0.921. The first kappa shape index (κ1) is 17.0. The van der Waals surface area contributed by atoms with Gasteiger partial charge in [0.05, 0.1) is 12.0 Å². The Labute approximate surface area is 142 Å². The zero-order valence-electron chi connectivity index (χ0n) is 14.2. The molecule has 130 valence electrons. The van der Waals surface area contributed by atoms with E-state index in [-0.39, 0.29) is 0 Å². The van der Waals surface area contributed by atoms with E-state index >= 15 is 0 Å². The molecule has 6 nitrogen and oxygen atoms in total. The van der Waals surface area contributed by atoms with Crippen molar-refractivity contribution in [1.82, 2.24) is 14.3 Å². The summed E-state index contributed by atoms with van der Waals surface area (Å²) in [6, 6.07) is 3.50. The van der Waals surface area contributed by atoms with Crippen molar-refractivity contribution in [2.45, 2.75) is 37.5 Å². The van der Waals surface area contributed by atoms with Gasteiger partial charge in [-0.15, -0.1) is 0 Å². The first-order valence-electron chi connectivity index (χ1n) is 8.08. The zero-order valence-corrected chi connectivity index (χ0v) is 15.1.